The Kier molecular flexibility index (Phi) is 5.33. The first-order valence-corrected chi connectivity index (χ1v) is 9.94. The maximum atomic E-state index is 12.9. The number of carbonyl (C=O) groups excluding carboxylic acids is 1. The molecular formula is C20H23BF2N2O4. The number of fused-ring (bicyclic) bond motifs is 1. The van der Waals surface area contributed by atoms with Crippen molar-refractivity contribution in [2.45, 2.75) is 38.6 Å². The Morgan fingerprint density at radius 1 is 1.31 bits per heavy atom. The number of nitrogens with zero attached hydrogens (tertiary/aromatic N) is 2. The molecule has 1 atom stereocenters. The van der Waals surface area contributed by atoms with Gasteiger partial charge in [-0.15, -0.1) is 0 Å². The fourth-order valence-electron chi connectivity index (χ4n) is 4.32. The molecule has 4 rings (SSSR count). The molecule has 1 aromatic heterocycles. The van der Waals surface area contributed by atoms with Gasteiger partial charge in [0.15, 0.2) is 0 Å². The molecule has 154 valence electrons. The number of aryl methyl sites for hydroxylation is 1. The van der Waals surface area contributed by atoms with Crippen LogP contribution in [0.5, 0.6) is 0 Å². The SMILES string of the molecule is Cc1c(N2CCCC(CO)C2)ccc2c(=O)c(C(=O)OB(F)F)cn(C3CC3)c12. The lowest BCUT2D eigenvalue weighted by Gasteiger charge is -2.35. The molecule has 29 heavy (non-hydrogen) atoms. The van der Waals surface area contributed by atoms with Gasteiger partial charge in [-0.2, -0.15) is 0 Å². The zero-order valence-corrected chi connectivity index (χ0v) is 16.2. The minimum absolute atomic E-state index is 0.136. The molecule has 1 aromatic carbocycles. The monoisotopic (exact) mass is 404 g/mol. The van der Waals surface area contributed by atoms with E-state index >= 15 is 0 Å². The summed E-state index contributed by atoms with van der Waals surface area (Å²) in [6.07, 6.45) is 5.15. The predicted octanol–water partition coefficient (Wildman–Crippen LogP) is 2.93. The number of carbonyl (C=O) groups is 1. The Morgan fingerprint density at radius 3 is 2.72 bits per heavy atom. The number of aliphatic hydroxyl groups excluding tert-OH is 1. The van der Waals surface area contributed by atoms with E-state index in [1.165, 1.54) is 6.20 Å². The summed E-state index contributed by atoms with van der Waals surface area (Å²) in [5, 5.41) is 9.87. The maximum Gasteiger partial charge on any atom is 0.798 e. The molecule has 0 spiro atoms. The molecular weight excluding hydrogens is 381 g/mol. The van der Waals surface area contributed by atoms with Crippen molar-refractivity contribution in [2.24, 2.45) is 5.92 Å². The van der Waals surface area contributed by atoms with E-state index in [0.717, 1.165) is 55.5 Å². The van der Waals surface area contributed by atoms with Crippen LogP contribution in [0, 0.1) is 12.8 Å². The Morgan fingerprint density at radius 2 is 2.07 bits per heavy atom. The van der Waals surface area contributed by atoms with Crippen molar-refractivity contribution < 1.29 is 23.2 Å². The highest BCUT2D eigenvalue weighted by molar-refractivity contribution is 6.38. The quantitative estimate of drug-likeness (QED) is 0.777. The van der Waals surface area contributed by atoms with E-state index in [1.807, 2.05) is 17.6 Å². The van der Waals surface area contributed by atoms with E-state index in [0.29, 0.717) is 5.39 Å². The van der Waals surface area contributed by atoms with Gasteiger partial charge in [0, 0.05) is 43.0 Å². The fourth-order valence-corrected chi connectivity index (χ4v) is 4.32. The Labute approximate surface area is 167 Å². The first-order chi connectivity index (χ1) is 13.9. The van der Waals surface area contributed by atoms with Crippen LogP contribution in [0.2, 0.25) is 0 Å². The van der Waals surface area contributed by atoms with Crippen LogP contribution in [0.3, 0.4) is 0 Å². The molecule has 2 fully saturated rings. The number of pyridine rings is 1. The number of aliphatic hydroxyl groups is 1. The van der Waals surface area contributed by atoms with Gasteiger partial charge in [0.2, 0.25) is 5.43 Å². The summed E-state index contributed by atoms with van der Waals surface area (Å²) >= 11 is 0. The second-order valence-corrected chi connectivity index (χ2v) is 7.92. The number of rotatable bonds is 5. The van der Waals surface area contributed by atoms with E-state index in [4.69, 9.17) is 0 Å². The lowest BCUT2D eigenvalue weighted by molar-refractivity contribution is 0.0693. The normalized spacial score (nSPS) is 19.4. The van der Waals surface area contributed by atoms with Crippen molar-refractivity contribution in [3.05, 3.63) is 39.7 Å². The molecule has 1 unspecified atom stereocenters. The molecule has 0 bridgehead atoms. The summed E-state index contributed by atoms with van der Waals surface area (Å²) in [6, 6.07) is 3.65. The van der Waals surface area contributed by atoms with Crippen molar-refractivity contribution in [2.75, 3.05) is 24.6 Å². The van der Waals surface area contributed by atoms with Crippen LogP contribution in [0.1, 0.15) is 47.6 Å². The van der Waals surface area contributed by atoms with Crippen molar-refractivity contribution >= 4 is 30.0 Å². The van der Waals surface area contributed by atoms with Gasteiger partial charge in [-0.25, -0.2) is 13.4 Å². The molecule has 2 heterocycles. The largest absolute Gasteiger partial charge is 0.798 e. The van der Waals surface area contributed by atoms with Crippen LogP contribution in [-0.2, 0) is 4.65 Å². The summed E-state index contributed by atoms with van der Waals surface area (Å²) in [6.45, 7) is 3.70. The maximum absolute atomic E-state index is 12.9. The molecule has 1 N–H and O–H groups in total. The lowest BCUT2D eigenvalue weighted by atomic mass is 9.97. The zero-order chi connectivity index (χ0) is 20.7. The average molecular weight is 404 g/mol. The summed E-state index contributed by atoms with van der Waals surface area (Å²) in [7, 11) is -3.27. The van der Waals surface area contributed by atoms with Gasteiger partial charge in [-0.05, 0) is 56.2 Å². The molecule has 6 nitrogen and oxygen atoms in total. The summed E-state index contributed by atoms with van der Waals surface area (Å²) in [4.78, 5) is 27.1. The zero-order valence-electron chi connectivity index (χ0n) is 16.2. The van der Waals surface area contributed by atoms with Crippen molar-refractivity contribution in [1.29, 1.82) is 0 Å². The number of halogens is 2. The van der Waals surface area contributed by atoms with Gasteiger partial charge in [0.25, 0.3) is 0 Å². The predicted molar refractivity (Wildman–Crippen MR) is 107 cm³/mol. The molecule has 1 aliphatic carbocycles. The third-order valence-corrected chi connectivity index (χ3v) is 5.89. The smallest absolute Gasteiger partial charge is 0.474 e. The molecule has 1 saturated heterocycles. The fraction of sp³-hybridized carbons (Fsp3) is 0.500. The first-order valence-electron chi connectivity index (χ1n) is 9.94. The molecule has 2 aliphatic rings. The molecule has 1 saturated carbocycles. The van der Waals surface area contributed by atoms with Crippen LogP contribution in [-0.4, -0.2) is 42.8 Å². The van der Waals surface area contributed by atoms with Gasteiger partial charge < -0.3 is 19.2 Å². The minimum Gasteiger partial charge on any atom is -0.474 e. The number of anilines is 1. The van der Waals surface area contributed by atoms with Crippen LogP contribution >= 0.6 is 0 Å². The molecule has 9 heteroatoms. The number of aromatic nitrogens is 1. The van der Waals surface area contributed by atoms with Gasteiger partial charge in [-0.1, -0.05) is 0 Å². The van der Waals surface area contributed by atoms with Crippen LogP contribution in [0.4, 0.5) is 14.3 Å². The number of hydrogen-bond acceptors (Lipinski definition) is 5. The second-order valence-electron chi connectivity index (χ2n) is 7.92. The average Bonchev–Trinajstić information content (AvgIpc) is 3.53. The number of benzene rings is 1. The minimum atomic E-state index is -3.27. The molecule has 0 amide bonds. The molecule has 2 aromatic rings. The van der Waals surface area contributed by atoms with E-state index < -0.39 is 18.9 Å². The Balaban J connectivity index is 1.84. The third-order valence-electron chi connectivity index (χ3n) is 5.89. The van der Waals surface area contributed by atoms with Crippen LogP contribution in [0.15, 0.2) is 23.1 Å². The topological polar surface area (TPSA) is 71.8 Å². The van der Waals surface area contributed by atoms with Gasteiger partial charge >= 0.3 is 13.4 Å². The Bertz CT molecular complexity index is 1010. The van der Waals surface area contributed by atoms with Gasteiger partial charge in [-0.3, -0.25) is 4.79 Å². The van der Waals surface area contributed by atoms with E-state index in [9.17, 15) is 23.3 Å². The van der Waals surface area contributed by atoms with Gasteiger partial charge in [0.1, 0.15) is 5.56 Å². The van der Waals surface area contributed by atoms with E-state index in [-0.39, 0.29) is 24.1 Å². The number of piperidine rings is 1. The van der Waals surface area contributed by atoms with E-state index in [1.54, 1.807) is 6.07 Å². The highest BCUT2D eigenvalue weighted by Gasteiger charge is 2.31. The standard InChI is InChI=1S/C20H23BF2N2O4/c1-12-17(24-8-2-3-13(9-24)11-26)7-6-15-18(12)25(14-4-5-14)10-16(19(15)27)20(28)29-21(22)23/h6-7,10,13-14,26H,2-5,8-9,11H2,1H3. The highest BCUT2D eigenvalue weighted by atomic mass is 19.2. The van der Waals surface area contributed by atoms with Crippen molar-refractivity contribution in [3.8, 4) is 0 Å². The summed E-state index contributed by atoms with van der Waals surface area (Å²) in [5.41, 5.74) is 1.68. The summed E-state index contributed by atoms with van der Waals surface area (Å²) in [5.74, 6) is -1.08. The van der Waals surface area contributed by atoms with Crippen molar-refractivity contribution in [1.82, 2.24) is 4.57 Å². The Hall–Kier alpha value is -2.42. The number of hydrogen-bond donors (Lipinski definition) is 1. The molecule has 0 radical (unpaired) electrons. The third kappa shape index (κ3) is 3.75. The van der Waals surface area contributed by atoms with Crippen LogP contribution < -0.4 is 10.3 Å². The van der Waals surface area contributed by atoms with Crippen LogP contribution in [0.25, 0.3) is 10.9 Å². The molecule has 1 aliphatic heterocycles. The van der Waals surface area contributed by atoms with E-state index in [2.05, 4.69) is 9.55 Å². The van der Waals surface area contributed by atoms with Gasteiger partial charge in [0.05, 0.1) is 5.52 Å². The first kappa shape index (κ1) is 19.9. The lowest BCUT2D eigenvalue weighted by Crippen LogP contribution is -2.37. The highest BCUT2D eigenvalue weighted by Crippen LogP contribution is 2.39. The summed E-state index contributed by atoms with van der Waals surface area (Å²) < 4.78 is 30.8. The second kappa shape index (κ2) is 7.78. The van der Waals surface area contributed by atoms with Crippen molar-refractivity contribution in [3.63, 3.8) is 0 Å².